The Bertz CT molecular complexity index is 1540. The van der Waals surface area contributed by atoms with E-state index in [0.29, 0.717) is 5.56 Å². The van der Waals surface area contributed by atoms with Crippen LogP contribution in [-0.2, 0) is 0 Å². The largest absolute Gasteiger partial charge is 0.508 e. The van der Waals surface area contributed by atoms with E-state index in [-0.39, 0.29) is 39.4 Å². The number of ketones is 1. The highest BCUT2D eigenvalue weighted by molar-refractivity contribution is 7.99. The van der Waals surface area contributed by atoms with Gasteiger partial charge in [0, 0.05) is 14.7 Å². The van der Waals surface area contributed by atoms with Crippen molar-refractivity contribution in [3.05, 3.63) is 144 Å². The second-order valence-electron chi connectivity index (χ2n) is 8.12. The number of aromatic hydroxyl groups is 2. The Labute approximate surface area is 232 Å². The summed E-state index contributed by atoms with van der Waals surface area (Å²) >= 11 is 2.63. The van der Waals surface area contributed by atoms with Crippen LogP contribution in [0, 0.1) is 17.5 Å². The van der Waals surface area contributed by atoms with Crippen molar-refractivity contribution in [1.29, 1.82) is 0 Å². The lowest BCUT2D eigenvalue weighted by atomic mass is 10.0. The van der Waals surface area contributed by atoms with Gasteiger partial charge in [0.05, 0.1) is 10.5 Å². The number of hydrogen-bond acceptors (Lipinski definition) is 4. The fourth-order valence-corrected chi connectivity index (χ4v) is 5.01. The third kappa shape index (κ3) is 7.92. The van der Waals surface area contributed by atoms with E-state index in [9.17, 15) is 28.2 Å². The predicted octanol–water partition coefficient (Wildman–Crippen LogP) is 8.45. The molecule has 0 amide bonds. The average Bonchev–Trinajstić information content (AvgIpc) is 2.94. The van der Waals surface area contributed by atoms with Crippen molar-refractivity contribution in [3.8, 4) is 11.5 Å². The summed E-state index contributed by atoms with van der Waals surface area (Å²) in [4.78, 5) is 13.3. The van der Waals surface area contributed by atoms with Gasteiger partial charge in [-0.15, -0.1) is 0 Å². The Morgan fingerprint density at radius 2 is 1.10 bits per heavy atom. The normalized spacial score (nSPS) is 10.4. The monoisotopic (exact) mass is 563 g/mol. The molecule has 0 heterocycles. The maximum Gasteiger partial charge on any atom is 0.358 e. The molecule has 0 bridgehead atoms. The summed E-state index contributed by atoms with van der Waals surface area (Å²) in [7, 11) is 0. The van der Waals surface area contributed by atoms with Crippen LogP contribution < -0.4 is 0 Å². The number of phenolic OH excluding ortho intramolecular Hbond substituents is 2. The summed E-state index contributed by atoms with van der Waals surface area (Å²) < 4.78 is 39.7. The van der Waals surface area contributed by atoms with Gasteiger partial charge in [0.1, 0.15) is 34.5 Å². The Balaban J connectivity index is 0.000000438. The minimum absolute atomic E-state index is 0.0331. The molecule has 0 aliphatic carbocycles. The summed E-state index contributed by atoms with van der Waals surface area (Å²) in [5.41, 5.74) is 0.302. The molecule has 5 rings (SSSR count). The molecule has 8 heteroatoms. The maximum atomic E-state index is 14.7. The first-order valence-electron chi connectivity index (χ1n) is 11.6. The molecule has 39 heavy (non-hydrogen) atoms. The number of phenols is 2. The molecular formula is C31H22F3O3S2+. The van der Waals surface area contributed by atoms with Gasteiger partial charge in [-0.2, -0.15) is 0 Å². The lowest BCUT2D eigenvalue weighted by Crippen LogP contribution is -2.04. The molecule has 5 aromatic rings. The first kappa shape index (κ1) is 27.9. The van der Waals surface area contributed by atoms with Crippen molar-refractivity contribution in [2.45, 2.75) is 19.6 Å². The van der Waals surface area contributed by atoms with Gasteiger partial charge in [0.2, 0.25) is 0 Å². The van der Waals surface area contributed by atoms with Crippen LogP contribution in [0.4, 0.5) is 13.2 Å². The highest BCUT2D eigenvalue weighted by atomic mass is 32.2. The van der Waals surface area contributed by atoms with Crippen molar-refractivity contribution in [2.75, 3.05) is 0 Å². The zero-order valence-electron chi connectivity index (χ0n) is 20.3. The molecular weight excluding hydrogens is 541 g/mol. The number of carbonyl (C=O) groups excluding carboxylic acids is 1. The predicted molar refractivity (Wildman–Crippen MR) is 149 cm³/mol. The van der Waals surface area contributed by atoms with Crippen molar-refractivity contribution in [3.63, 3.8) is 0 Å². The molecule has 0 radical (unpaired) electrons. The lowest BCUT2D eigenvalue weighted by Gasteiger charge is -2.08. The summed E-state index contributed by atoms with van der Waals surface area (Å²) in [5.74, 6) is -1.57. The molecule has 0 aliphatic heterocycles. The third-order valence-electron chi connectivity index (χ3n) is 5.28. The van der Waals surface area contributed by atoms with E-state index < -0.39 is 5.82 Å². The molecule has 0 spiro atoms. The van der Waals surface area contributed by atoms with Crippen LogP contribution in [0.25, 0.3) is 0 Å². The van der Waals surface area contributed by atoms with Gasteiger partial charge >= 0.3 is 5.78 Å². The van der Waals surface area contributed by atoms with Crippen LogP contribution in [0.3, 0.4) is 0 Å². The first-order chi connectivity index (χ1) is 18.8. The summed E-state index contributed by atoms with van der Waals surface area (Å²) in [6.07, 6.45) is 0. The van der Waals surface area contributed by atoms with Gasteiger partial charge in [-0.3, -0.25) is 4.79 Å². The van der Waals surface area contributed by atoms with E-state index in [1.165, 1.54) is 66.4 Å². The second-order valence-corrected chi connectivity index (χ2v) is 10.4. The zero-order valence-corrected chi connectivity index (χ0v) is 21.9. The smallest absolute Gasteiger partial charge is 0.358 e. The topological polar surface area (TPSA) is 61.9 Å². The zero-order chi connectivity index (χ0) is 27.8. The molecule has 0 aromatic heterocycles. The average molecular weight is 564 g/mol. The first-order valence-corrected chi connectivity index (χ1v) is 13.2. The Kier molecular flexibility index (Phi) is 9.35. The molecule has 0 saturated heterocycles. The molecule has 3 nitrogen and oxygen atoms in total. The SMILES string of the molecule is Fc1ccccc1.Oc1ccc(C(=[OH+])c2cc(F)c(Sc3ccc(Sc4ccc(F)cc4)cc3)cc2O)cc1. The van der Waals surface area contributed by atoms with E-state index in [4.69, 9.17) is 0 Å². The summed E-state index contributed by atoms with van der Waals surface area (Å²) in [6, 6.07) is 29.7. The molecule has 5 aromatic carbocycles. The number of benzene rings is 5. The van der Waals surface area contributed by atoms with Crippen LogP contribution in [0.1, 0.15) is 11.1 Å². The fourth-order valence-electron chi connectivity index (χ4n) is 3.34. The van der Waals surface area contributed by atoms with E-state index >= 15 is 0 Å². The van der Waals surface area contributed by atoms with Crippen molar-refractivity contribution >= 4 is 29.3 Å². The van der Waals surface area contributed by atoms with E-state index in [2.05, 4.69) is 0 Å². The number of rotatable bonds is 6. The molecule has 0 atom stereocenters. The van der Waals surface area contributed by atoms with Crippen LogP contribution >= 0.6 is 23.5 Å². The molecule has 3 N–H and O–H groups in total. The highest BCUT2D eigenvalue weighted by Crippen LogP contribution is 2.36. The summed E-state index contributed by atoms with van der Waals surface area (Å²) in [6.45, 7) is 0. The maximum absolute atomic E-state index is 14.7. The quantitative estimate of drug-likeness (QED) is 0.161. The van der Waals surface area contributed by atoms with Gasteiger partial charge in [-0.05, 0) is 97.1 Å². The lowest BCUT2D eigenvalue weighted by molar-refractivity contribution is 0.467. The van der Waals surface area contributed by atoms with Gasteiger partial charge in [-0.1, -0.05) is 41.7 Å². The van der Waals surface area contributed by atoms with Crippen molar-refractivity contribution < 1.29 is 28.2 Å². The van der Waals surface area contributed by atoms with Crippen LogP contribution in [0.15, 0.2) is 135 Å². The minimum atomic E-state index is -0.585. The molecule has 0 unspecified atom stereocenters. The van der Waals surface area contributed by atoms with Crippen LogP contribution in [-0.4, -0.2) is 20.8 Å². The molecule has 196 valence electrons. The standard InChI is InChI=1S/C25H16F2O3S2.C6H5F/c26-16-3-7-18(8-4-16)31-19-9-11-20(12-10-19)32-24-14-23(29)21(13-22(24)27)25(30)15-1-5-17(28)6-2-15;7-6-4-2-1-3-5-6/h1-14,28-29H;1-5H/p+1. The van der Waals surface area contributed by atoms with Gasteiger partial charge in [0.15, 0.2) is 0 Å². The third-order valence-corrected chi connectivity index (χ3v) is 7.34. The van der Waals surface area contributed by atoms with E-state index in [1.54, 1.807) is 30.3 Å². The highest BCUT2D eigenvalue weighted by Gasteiger charge is 2.23. The Morgan fingerprint density at radius 1 is 0.590 bits per heavy atom. The molecule has 0 aliphatic rings. The van der Waals surface area contributed by atoms with E-state index in [0.717, 1.165) is 32.5 Å². The van der Waals surface area contributed by atoms with Crippen LogP contribution in [0.2, 0.25) is 0 Å². The number of hydrogen-bond donors (Lipinski definition) is 2. The minimum Gasteiger partial charge on any atom is -0.508 e. The van der Waals surface area contributed by atoms with Gasteiger partial charge in [-0.25, -0.2) is 13.2 Å². The second kappa shape index (κ2) is 13.1. The Morgan fingerprint density at radius 3 is 1.64 bits per heavy atom. The van der Waals surface area contributed by atoms with Crippen LogP contribution in [0.5, 0.6) is 11.5 Å². The molecule has 0 saturated carbocycles. The fraction of sp³-hybridized carbons (Fsp3) is 0. The van der Waals surface area contributed by atoms with Crippen molar-refractivity contribution in [2.24, 2.45) is 0 Å². The Hall–Kier alpha value is -4.14. The van der Waals surface area contributed by atoms with Gasteiger partial charge < -0.3 is 10.2 Å². The van der Waals surface area contributed by atoms with E-state index in [1.807, 2.05) is 24.3 Å². The van der Waals surface area contributed by atoms with Crippen molar-refractivity contribution in [1.82, 2.24) is 0 Å². The number of halogens is 3. The molecule has 0 fully saturated rings. The summed E-state index contributed by atoms with van der Waals surface area (Å²) in [5, 5.41) is 19.7. The van der Waals surface area contributed by atoms with Gasteiger partial charge in [0.25, 0.3) is 0 Å².